The summed E-state index contributed by atoms with van der Waals surface area (Å²) in [6.07, 6.45) is 0.979. The van der Waals surface area contributed by atoms with E-state index in [1.54, 1.807) is 0 Å². The van der Waals surface area contributed by atoms with Crippen molar-refractivity contribution in [2.45, 2.75) is 64.0 Å². The van der Waals surface area contributed by atoms with Gasteiger partial charge < -0.3 is 0 Å². The van der Waals surface area contributed by atoms with Gasteiger partial charge in [-0.15, -0.1) is 0 Å². The monoisotopic (exact) mass is 444 g/mol. The number of benzene rings is 2. The standard InChI is InChI=1S/C24H23F7/c1-2-3-12-4-6-15-13(8-12)5-7-16-17(15)11-18(25)21(23(16)28)14-9-19(26)22(20(27)10-14)24(29,30)31/h9-13,15H,2-8H2,1H3. The minimum absolute atomic E-state index is 0.0379. The number of alkyl halides is 3. The lowest BCUT2D eigenvalue weighted by Crippen LogP contribution is -2.29. The molecule has 1 saturated carbocycles. The molecule has 2 aromatic carbocycles. The zero-order valence-electron chi connectivity index (χ0n) is 17.1. The van der Waals surface area contributed by atoms with Crippen molar-refractivity contribution in [2.24, 2.45) is 11.8 Å². The van der Waals surface area contributed by atoms with E-state index >= 15 is 4.39 Å². The summed E-state index contributed by atoms with van der Waals surface area (Å²) in [6, 6.07) is 1.92. The fourth-order valence-electron chi connectivity index (χ4n) is 5.61. The van der Waals surface area contributed by atoms with Crippen molar-refractivity contribution in [1.82, 2.24) is 0 Å². The average molecular weight is 444 g/mol. The van der Waals surface area contributed by atoms with Crippen molar-refractivity contribution in [3.8, 4) is 11.1 Å². The second-order valence-electron chi connectivity index (χ2n) is 8.80. The van der Waals surface area contributed by atoms with Crippen LogP contribution in [0.2, 0.25) is 0 Å². The molecule has 4 rings (SSSR count). The molecule has 0 spiro atoms. The van der Waals surface area contributed by atoms with E-state index in [9.17, 15) is 26.3 Å². The third kappa shape index (κ3) is 3.96. The van der Waals surface area contributed by atoms with Gasteiger partial charge in [0.15, 0.2) is 0 Å². The van der Waals surface area contributed by atoms with E-state index < -0.39 is 46.1 Å². The molecule has 0 bridgehead atoms. The normalized spacial score (nSPS) is 23.4. The number of rotatable bonds is 3. The molecule has 0 saturated heterocycles. The molecule has 0 radical (unpaired) electrons. The van der Waals surface area contributed by atoms with Crippen LogP contribution in [0.3, 0.4) is 0 Å². The van der Waals surface area contributed by atoms with E-state index in [0.29, 0.717) is 41.5 Å². The van der Waals surface area contributed by atoms with Crippen LogP contribution in [0.15, 0.2) is 18.2 Å². The van der Waals surface area contributed by atoms with E-state index in [2.05, 4.69) is 6.92 Å². The molecule has 2 aliphatic rings. The van der Waals surface area contributed by atoms with Crippen molar-refractivity contribution in [1.29, 1.82) is 0 Å². The van der Waals surface area contributed by atoms with Crippen molar-refractivity contribution in [2.75, 3.05) is 0 Å². The van der Waals surface area contributed by atoms with Crippen LogP contribution < -0.4 is 0 Å². The summed E-state index contributed by atoms with van der Waals surface area (Å²) in [5.41, 5.74) is -2.41. The predicted octanol–water partition coefficient (Wildman–Crippen LogP) is 8.18. The van der Waals surface area contributed by atoms with Gasteiger partial charge in [-0.1, -0.05) is 19.8 Å². The van der Waals surface area contributed by atoms with Gasteiger partial charge in [-0.25, -0.2) is 17.6 Å². The predicted molar refractivity (Wildman–Crippen MR) is 104 cm³/mol. The van der Waals surface area contributed by atoms with Gasteiger partial charge in [0.1, 0.15) is 28.8 Å². The lowest BCUT2D eigenvalue weighted by Gasteiger charge is -2.41. The summed E-state index contributed by atoms with van der Waals surface area (Å²) in [7, 11) is 0. The highest BCUT2D eigenvalue weighted by Gasteiger charge is 2.40. The van der Waals surface area contributed by atoms with E-state index in [1.807, 2.05) is 0 Å². The quantitative estimate of drug-likeness (QED) is 0.419. The molecule has 2 aliphatic carbocycles. The van der Waals surface area contributed by atoms with Gasteiger partial charge in [-0.2, -0.15) is 13.2 Å². The Labute approximate surface area is 176 Å². The molecule has 3 atom stereocenters. The Morgan fingerprint density at radius 1 is 0.903 bits per heavy atom. The Morgan fingerprint density at radius 2 is 1.58 bits per heavy atom. The van der Waals surface area contributed by atoms with Gasteiger partial charge >= 0.3 is 6.18 Å². The Balaban J connectivity index is 1.74. The van der Waals surface area contributed by atoms with Crippen LogP contribution in [0.25, 0.3) is 11.1 Å². The van der Waals surface area contributed by atoms with Gasteiger partial charge in [0.25, 0.3) is 0 Å². The Hall–Kier alpha value is -2.05. The van der Waals surface area contributed by atoms with Crippen molar-refractivity contribution in [3.63, 3.8) is 0 Å². The average Bonchev–Trinajstić information content (AvgIpc) is 2.66. The highest BCUT2D eigenvalue weighted by atomic mass is 19.4. The Morgan fingerprint density at radius 3 is 2.19 bits per heavy atom. The third-order valence-corrected chi connectivity index (χ3v) is 6.92. The summed E-state index contributed by atoms with van der Waals surface area (Å²) >= 11 is 0. The van der Waals surface area contributed by atoms with Gasteiger partial charge in [-0.05, 0) is 84.7 Å². The summed E-state index contributed by atoms with van der Waals surface area (Å²) in [4.78, 5) is 0. The number of halogens is 7. The number of hydrogen-bond donors (Lipinski definition) is 0. The molecule has 0 nitrogen and oxygen atoms in total. The topological polar surface area (TPSA) is 0 Å². The molecule has 0 amide bonds. The Bertz CT molecular complexity index is 969. The Kier molecular flexibility index (Phi) is 5.81. The zero-order valence-corrected chi connectivity index (χ0v) is 17.1. The molecule has 31 heavy (non-hydrogen) atoms. The zero-order chi connectivity index (χ0) is 22.5. The maximum atomic E-state index is 15.3. The maximum absolute atomic E-state index is 15.3. The summed E-state index contributed by atoms with van der Waals surface area (Å²) in [6.45, 7) is 2.14. The van der Waals surface area contributed by atoms with Crippen LogP contribution in [-0.4, -0.2) is 0 Å². The fourth-order valence-corrected chi connectivity index (χ4v) is 5.61. The van der Waals surface area contributed by atoms with E-state index in [0.717, 1.165) is 38.5 Å². The molecule has 3 unspecified atom stereocenters. The molecular weight excluding hydrogens is 421 g/mol. The van der Waals surface area contributed by atoms with Crippen molar-refractivity contribution in [3.05, 3.63) is 58.2 Å². The van der Waals surface area contributed by atoms with E-state index in [4.69, 9.17) is 0 Å². The summed E-state index contributed by atoms with van der Waals surface area (Å²) in [5.74, 6) is -4.71. The van der Waals surface area contributed by atoms with Crippen LogP contribution in [-0.2, 0) is 12.6 Å². The molecule has 168 valence electrons. The minimum atomic E-state index is -5.24. The van der Waals surface area contributed by atoms with Gasteiger partial charge in [0.2, 0.25) is 0 Å². The molecule has 2 aromatic rings. The third-order valence-electron chi connectivity index (χ3n) is 6.92. The van der Waals surface area contributed by atoms with Crippen LogP contribution in [0, 0.1) is 35.1 Å². The highest BCUT2D eigenvalue weighted by molar-refractivity contribution is 5.68. The maximum Gasteiger partial charge on any atom is 0.422 e. The second kappa shape index (κ2) is 8.14. The van der Waals surface area contributed by atoms with Crippen molar-refractivity contribution < 1.29 is 30.7 Å². The fraction of sp³-hybridized carbons (Fsp3) is 0.500. The largest absolute Gasteiger partial charge is 0.422 e. The molecule has 1 fully saturated rings. The lowest BCUT2D eigenvalue weighted by molar-refractivity contribution is -0.142. The SMILES string of the molecule is CCCC1CCC2c3cc(F)c(-c4cc(F)c(C(F)(F)F)c(F)c4)c(F)c3CCC2C1. The van der Waals surface area contributed by atoms with Gasteiger partial charge in [-0.3, -0.25) is 0 Å². The van der Waals surface area contributed by atoms with Crippen LogP contribution in [0.1, 0.15) is 68.1 Å². The van der Waals surface area contributed by atoms with Gasteiger partial charge in [0, 0.05) is 0 Å². The summed E-state index contributed by atoms with van der Waals surface area (Å²) in [5, 5.41) is 0. The molecular formula is C24H23F7. The molecule has 0 heterocycles. The molecule has 0 aliphatic heterocycles. The molecule has 7 heteroatoms. The van der Waals surface area contributed by atoms with Gasteiger partial charge in [0.05, 0.1) is 5.56 Å². The van der Waals surface area contributed by atoms with Crippen LogP contribution in [0.4, 0.5) is 30.7 Å². The second-order valence-corrected chi connectivity index (χ2v) is 8.80. The smallest absolute Gasteiger partial charge is 0.206 e. The first kappa shape index (κ1) is 22.2. The lowest BCUT2D eigenvalue weighted by atomic mass is 9.64. The molecule has 0 aromatic heterocycles. The van der Waals surface area contributed by atoms with E-state index in [-0.39, 0.29) is 5.92 Å². The van der Waals surface area contributed by atoms with Crippen LogP contribution >= 0.6 is 0 Å². The minimum Gasteiger partial charge on any atom is -0.206 e. The number of hydrogen-bond acceptors (Lipinski definition) is 0. The highest BCUT2D eigenvalue weighted by Crippen LogP contribution is 2.50. The first-order valence-corrected chi connectivity index (χ1v) is 10.7. The molecule has 0 N–H and O–H groups in total. The van der Waals surface area contributed by atoms with Crippen LogP contribution in [0.5, 0.6) is 0 Å². The first-order chi connectivity index (χ1) is 14.6. The number of fused-ring (bicyclic) bond motifs is 3. The van der Waals surface area contributed by atoms with Crippen molar-refractivity contribution >= 4 is 0 Å². The first-order valence-electron chi connectivity index (χ1n) is 10.7. The van der Waals surface area contributed by atoms with E-state index in [1.165, 1.54) is 6.07 Å². The summed E-state index contributed by atoms with van der Waals surface area (Å²) < 4.78 is 96.8.